The van der Waals surface area contributed by atoms with Crippen molar-refractivity contribution in [3.8, 4) is 56.4 Å². The first-order valence-electron chi connectivity index (χ1n) is 16.1. The van der Waals surface area contributed by atoms with E-state index in [1.165, 1.54) is 27.8 Å². The zero-order valence-corrected chi connectivity index (χ0v) is 26.1. The number of rotatable bonds is 6. The SMILES string of the molecule is CCC1(CC)c2ccccc2Oc2ccc(-c3ccccc3-c3ccc(-c4nc(-c5ccccc5)nc5ccccc45)cc3)cc21. The Morgan fingerprint density at radius 3 is 1.89 bits per heavy atom. The minimum atomic E-state index is -0.0876. The van der Waals surface area contributed by atoms with E-state index in [0.717, 1.165) is 63.5 Å². The van der Waals surface area contributed by atoms with Gasteiger partial charge in [0.15, 0.2) is 5.82 Å². The van der Waals surface area contributed by atoms with E-state index in [4.69, 9.17) is 14.7 Å². The Labute approximate surface area is 270 Å². The molecule has 1 aromatic heterocycles. The van der Waals surface area contributed by atoms with Crippen LogP contribution < -0.4 is 4.74 Å². The maximum absolute atomic E-state index is 6.45. The van der Waals surface area contributed by atoms with Crippen LogP contribution >= 0.6 is 0 Å². The van der Waals surface area contributed by atoms with E-state index in [-0.39, 0.29) is 5.41 Å². The van der Waals surface area contributed by atoms with Crippen molar-refractivity contribution in [3.05, 3.63) is 157 Å². The second kappa shape index (κ2) is 11.4. The van der Waals surface area contributed by atoms with Crippen molar-refractivity contribution >= 4 is 10.9 Å². The average molecular weight is 595 g/mol. The van der Waals surface area contributed by atoms with Crippen LogP contribution in [0.15, 0.2) is 146 Å². The van der Waals surface area contributed by atoms with Crippen molar-refractivity contribution in [1.82, 2.24) is 9.97 Å². The highest BCUT2D eigenvalue weighted by Crippen LogP contribution is 2.52. The Bertz CT molecular complexity index is 2200. The Kier molecular flexibility index (Phi) is 6.95. The number of ether oxygens (including phenoxy) is 1. The third-order valence-electron chi connectivity index (χ3n) is 9.67. The van der Waals surface area contributed by atoms with Crippen LogP contribution in [0.2, 0.25) is 0 Å². The molecule has 1 aliphatic rings. The predicted octanol–water partition coefficient (Wildman–Crippen LogP) is 11.5. The molecule has 3 heteroatoms. The van der Waals surface area contributed by atoms with Gasteiger partial charge in [0.2, 0.25) is 0 Å². The van der Waals surface area contributed by atoms with Gasteiger partial charge in [-0.2, -0.15) is 0 Å². The molecule has 3 nitrogen and oxygen atoms in total. The molecule has 2 heterocycles. The molecule has 0 N–H and O–H groups in total. The summed E-state index contributed by atoms with van der Waals surface area (Å²) in [7, 11) is 0. The van der Waals surface area contributed by atoms with Crippen molar-refractivity contribution in [3.63, 3.8) is 0 Å². The lowest BCUT2D eigenvalue weighted by molar-refractivity contribution is 0.375. The van der Waals surface area contributed by atoms with Gasteiger partial charge < -0.3 is 4.74 Å². The molecule has 7 aromatic rings. The first kappa shape index (κ1) is 28.0. The first-order valence-corrected chi connectivity index (χ1v) is 16.1. The molecule has 0 amide bonds. The highest BCUT2D eigenvalue weighted by Gasteiger charge is 2.39. The zero-order chi connectivity index (χ0) is 31.1. The monoisotopic (exact) mass is 594 g/mol. The summed E-state index contributed by atoms with van der Waals surface area (Å²) in [5.74, 6) is 2.66. The highest BCUT2D eigenvalue weighted by molar-refractivity contribution is 5.94. The molecule has 0 aliphatic carbocycles. The van der Waals surface area contributed by atoms with Gasteiger partial charge in [-0.15, -0.1) is 0 Å². The fourth-order valence-electron chi connectivity index (χ4n) is 7.19. The summed E-state index contributed by atoms with van der Waals surface area (Å²) < 4.78 is 6.45. The summed E-state index contributed by atoms with van der Waals surface area (Å²) in [5, 5.41) is 1.04. The molecule has 0 bridgehead atoms. The van der Waals surface area contributed by atoms with E-state index in [0.29, 0.717) is 0 Å². The second-order valence-electron chi connectivity index (χ2n) is 12.0. The third-order valence-corrected chi connectivity index (χ3v) is 9.67. The van der Waals surface area contributed by atoms with Gasteiger partial charge in [0, 0.05) is 33.1 Å². The molecule has 0 radical (unpaired) electrons. The lowest BCUT2D eigenvalue weighted by Gasteiger charge is -2.39. The molecule has 0 spiro atoms. The fraction of sp³-hybridized carbons (Fsp3) is 0.116. The van der Waals surface area contributed by atoms with Crippen LogP contribution in [0.5, 0.6) is 11.5 Å². The van der Waals surface area contributed by atoms with E-state index in [2.05, 4.69) is 135 Å². The van der Waals surface area contributed by atoms with Gasteiger partial charge in [-0.25, -0.2) is 9.97 Å². The summed E-state index contributed by atoms with van der Waals surface area (Å²) in [5.41, 5.74) is 11.2. The topological polar surface area (TPSA) is 35.0 Å². The molecule has 0 saturated carbocycles. The number of para-hydroxylation sites is 2. The summed E-state index contributed by atoms with van der Waals surface area (Å²) in [6.45, 7) is 4.59. The van der Waals surface area contributed by atoms with Gasteiger partial charge >= 0.3 is 0 Å². The van der Waals surface area contributed by atoms with E-state index in [1.54, 1.807) is 0 Å². The van der Waals surface area contributed by atoms with Gasteiger partial charge in [-0.3, -0.25) is 0 Å². The number of fused-ring (bicyclic) bond motifs is 3. The van der Waals surface area contributed by atoms with E-state index < -0.39 is 0 Å². The maximum Gasteiger partial charge on any atom is 0.160 e. The number of benzene rings is 6. The van der Waals surface area contributed by atoms with Crippen molar-refractivity contribution in [1.29, 1.82) is 0 Å². The van der Waals surface area contributed by atoms with E-state index >= 15 is 0 Å². The van der Waals surface area contributed by atoms with Crippen LogP contribution in [0.1, 0.15) is 37.8 Å². The van der Waals surface area contributed by atoms with E-state index in [1.807, 2.05) is 24.3 Å². The normalized spacial score (nSPS) is 13.1. The molecule has 8 rings (SSSR count). The number of hydrogen-bond acceptors (Lipinski definition) is 3. The van der Waals surface area contributed by atoms with Crippen LogP contribution in [-0.2, 0) is 5.41 Å². The number of aromatic nitrogens is 2. The summed E-state index contributed by atoms with van der Waals surface area (Å²) in [6.07, 6.45) is 2.01. The Hall–Kier alpha value is -5.54. The standard InChI is InChI=1S/C43H34N2O/c1-3-43(4-2)36-19-11-13-21-39(36)46-40-27-26-32(28-37(40)43)34-17-9-8-16-33(34)29-22-24-30(25-23-29)41-35-18-10-12-20-38(35)44-42(45-41)31-14-6-5-7-15-31/h5-28H,3-4H2,1-2H3. The first-order chi connectivity index (χ1) is 22.7. The Morgan fingerprint density at radius 2 is 1.11 bits per heavy atom. The Balaban J connectivity index is 1.20. The van der Waals surface area contributed by atoms with Gasteiger partial charge in [0.25, 0.3) is 0 Å². The molecule has 0 fully saturated rings. The zero-order valence-electron chi connectivity index (χ0n) is 26.1. The second-order valence-corrected chi connectivity index (χ2v) is 12.0. The quantitative estimate of drug-likeness (QED) is 0.192. The molecule has 222 valence electrons. The van der Waals surface area contributed by atoms with Crippen LogP contribution in [0.3, 0.4) is 0 Å². The summed E-state index contributed by atoms with van der Waals surface area (Å²) in [4.78, 5) is 9.96. The van der Waals surface area contributed by atoms with Crippen molar-refractivity contribution in [2.75, 3.05) is 0 Å². The molecule has 46 heavy (non-hydrogen) atoms. The Morgan fingerprint density at radius 1 is 0.500 bits per heavy atom. The highest BCUT2D eigenvalue weighted by atomic mass is 16.5. The van der Waals surface area contributed by atoms with Gasteiger partial charge in [-0.1, -0.05) is 135 Å². The number of nitrogens with zero attached hydrogens (tertiary/aromatic N) is 2. The number of hydrogen-bond donors (Lipinski definition) is 0. The van der Waals surface area contributed by atoms with Crippen LogP contribution in [0, 0.1) is 0 Å². The van der Waals surface area contributed by atoms with Crippen LogP contribution in [0.25, 0.3) is 55.8 Å². The molecule has 6 aromatic carbocycles. The molecule has 0 atom stereocenters. The third kappa shape index (κ3) is 4.59. The van der Waals surface area contributed by atoms with Gasteiger partial charge in [-0.05, 0) is 59.4 Å². The minimum Gasteiger partial charge on any atom is -0.457 e. The lowest BCUT2D eigenvalue weighted by atomic mass is 9.68. The molecule has 0 unspecified atom stereocenters. The largest absolute Gasteiger partial charge is 0.457 e. The smallest absolute Gasteiger partial charge is 0.160 e. The average Bonchev–Trinajstić information content (AvgIpc) is 3.14. The minimum absolute atomic E-state index is 0.0876. The van der Waals surface area contributed by atoms with Crippen molar-refractivity contribution < 1.29 is 4.74 Å². The molecule has 1 aliphatic heterocycles. The molecule has 0 saturated heterocycles. The predicted molar refractivity (Wildman–Crippen MR) is 189 cm³/mol. The summed E-state index contributed by atoms with van der Waals surface area (Å²) in [6, 6.07) is 51.2. The van der Waals surface area contributed by atoms with Gasteiger partial charge in [0.05, 0.1) is 11.2 Å². The fourth-order valence-corrected chi connectivity index (χ4v) is 7.19. The van der Waals surface area contributed by atoms with E-state index in [9.17, 15) is 0 Å². The van der Waals surface area contributed by atoms with Crippen molar-refractivity contribution in [2.45, 2.75) is 32.1 Å². The maximum atomic E-state index is 6.45. The lowest BCUT2D eigenvalue weighted by Crippen LogP contribution is -2.30. The van der Waals surface area contributed by atoms with Crippen molar-refractivity contribution in [2.24, 2.45) is 0 Å². The molecular weight excluding hydrogens is 560 g/mol. The van der Waals surface area contributed by atoms with Gasteiger partial charge in [0.1, 0.15) is 11.5 Å². The molecular formula is C43H34N2O. The van der Waals surface area contributed by atoms with Crippen LogP contribution in [-0.4, -0.2) is 9.97 Å². The van der Waals surface area contributed by atoms with Crippen LogP contribution in [0.4, 0.5) is 0 Å². The summed E-state index contributed by atoms with van der Waals surface area (Å²) >= 11 is 0.